The number of carbonyl (C=O) groups excluding carboxylic acids is 1. The molecule has 25 heavy (non-hydrogen) atoms. The molecule has 0 bridgehead atoms. The number of methoxy groups -OCH3 is 2. The summed E-state index contributed by atoms with van der Waals surface area (Å²) in [6.45, 7) is 4.11. The van der Waals surface area contributed by atoms with E-state index < -0.39 is 11.7 Å². The van der Waals surface area contributed by atoms with Crippen LogP contribution in [0.1, 0.15) is 42.4 Å². The highest BCUT2D eigenvalue weighted by Gasteiger charge is 2.22. The second-order valence-corrected chi connectivity index (χ2v) is 6.10. The van der Waals surface area contributed by atoms with Crippen LogP contribution in [0.4, 0.5) is 4.39 Å². The molecule has 1 aromatic carbocycles. The van der Waals surface area contributed by atoms with Gasteiger partial charge in [-0.15, -0.1) is 0 Å². The van der Waals surface area contributed by atoms with Crippen molar-refractivity contribution in [3.63, 3.8) is 0 Å². The van der Waals surface area contributed by atoms with Gasteiger partial charge in [-0.3, -0.25) is 9.78 Å². The first kappa shape index (κ1) is 18.7. The number of amides is 1. The minimum absolute atomic E-state index is 0.0951. The summed E-state index contributed by atoms with van der Waals surface area (Å²) in [6.07, 6.45) is 2.36. The smallest absolute Gasteiger partial charge is 0.254 e. The number of carbonyl (C=O) groups is 1. The molecule has 1 aromatic heterocycles. The maximum absolute atomic E-state index is 14.3. The maximum Gasteiger partial charge on any atom is 0.254 e. The molecule has 5 nitrogen and oxygen atoms in total. The number of benzene rings is 1. The number of nitrogens with zero attached hydrogens (tertiary/aromatic N) is 1. The summed E-state index contributed by atoms with van der Waals surface area (Å²) in [6, 6.07) is 7.70. The van der Waals surface area contributed by atoms with Gasteiger partial charge < -0.3 is 14.8 Å². The van der Waals surface area contributed by atoms with Gasteiger partial charge in [0.05, 0.1) is 31.5 Å². The van der Waals surface area contributed by atoms with Crippen LogP contribution in [0.5, 0.6) is 11.5 Å². The van der Waals surface area contributed by atoms with E-state index in [0.717, 1.165) is 11.8 Å². The molecule has 1 N–H and O–H groups in total. The number of aromatic nitrogens is 1. The van der Waals surface area contributed by atoms with Crippen LogP contribution in [0.15, 0.2) is 36.5 Å². The van der Waals surface area contributed by atoms with Crippen LogP contribution in [-0.2, 0) is 0 Å². The minimum atomic E-state index is -0.667. The number of hydrogen-bond donors (Lipinski definition) is 1. The Labute approximate surface area is 147 Å². The summed E-state index contributed by atoms with van der Waals surface area (Å²) in [7, 11) is 2.85. The molecule has 0 fully saturated rings. The molecule has 1 amide bonds. The van der Waals surface area contributed by atoms with Crippen molar-refractivity contribution in [2.24, 2.45) is 5.92 Å². The van der Waals surface area contributed by atoms with E-state index in [1.54, 1.807) is 6.20 Å². The van der Waals surface area contributed by atoms with Crippen molar-refractivity contribution in [2.75, 3.05) is 14.2 Å². The zero-order valence-corrected chi connectivity index (χ0v) is 14.9. The van der Waals surface area contributed by atoms with Gasteiger partial charge in [0.2, 0.25) is 0 Å². The molecule has 134 valence electrons. The van der Waals surface area contributed by atoms with Gasteiger partial charge in [-0.05, 0) is 30.5 Å². The van der Waals surface area contributed by atoms with Crippen LogP contribution in [-0.4, -0.2) is 25.1 Å². The molecule has 2 rings (SSSR count). The largest absolute Gasteiger partial charge is 0.493 e. The van der Waals surface area contributed by atoms with Crippen molar-refractivity contribution >= 4 is 5.91 Å². The fraction of sp³-hybridized carbons (Fsp3) is 0.368. The summed E-state index contributed by atoms with van der Waals surface area (Å²) >= 11 is 0. The highest BCUT2D eigenvalue weighted by molar-refractivity contribution is 5.95. The number of hydrogen-bond acceptors (Lipinski definition) is 4. The molecule has 0 saturated heterocycles. The van der Waals surface area contributed by atoms with Gasteiger partial charge in [-0.1, -0.05) is 19.9 Å². The lowest BCUT2D eigenvalue weighted by Crippen LogP contribution is -2.30. The molecule has 0 spiro atoms. The number of halogens is 1. The Morgan fingerprint density at radius 1 is 1.20 bits per heavy atom. The molecule has 1 atom stereocenters. The highest BCUT2D eigenvalue weighted by Crippen LogP contribution is 2.30. The zero-order chi connectivity index (χ0) is 18.4. The van der Waals surface area contributed by atoms with Gasteiger partial charge in [-0.25, -0.2) is 4.39 Å². The molecule has 6 heteroatoms. The summed E-state index contributed by atoms with van der Waals surface area (Å²) in [5.41, 5.74) is 0.646. The average Bonchev–Trinajstić information content (AvgIpc) is 2.61. The van der Waals surface area contributed by atoms with Gasteiger partial charge in [-0.2, -0.15) is 0 Å². The normalized spacial score (nSPS) is 11.9. The van der Waals surface area contributed by atoms with Gasteiger partial charge in [0.15, 0.2) is 11.5 Å². The van der Waals surface area contributed by atoms with E-state index in [1.165, 1.54) is 20.3 Å². The van der Waals surface area contributed by atoms with Crippen molar-refractivity contribution < 1.29 is 18.7 Å². The van der Waals surface area contributed by atoms with E-state index in [1.807, 2.05) is 18.2 Å². The number of pyridine rings is 1. The predicted octanol–water partition coefficient (Wildman–Crippen LogP) is 3.76. The van der Waals surface area contributed by atoms with Gasteiger partial charge in [0, 0.05) is 12.3 Å². The molecule has 0 unspecified atom stereocenters. The van der Waals surface area contributed by atoms with E-state index in [4.69, 9.17) is 9.47 Å². The second kappa shape index (κ2) is 8.46. The van der Waals surface area contributed by atoms with Crippen LogP contribution in [0.2, 0.25) is 0 Å². The molecule has 2 aromatic rings. The summed E-state index contributed by atoms with van der Waals surface area (Å²) in [5, 5.41) is 2.87. The van der Waals surface area contributed by atoms with Crippen molar-refractivity contribution in [3.05, 3.63) is 53.6 Å². The van der Waals surface area contributed by atoms with Gasteiger partial charge in [0.1, 0.15) is 5.82 Å². The summed E-state index contributed by atoms with van der Waals surface area (Å²) < 4.78 is 24.5. The van der Waals surface area contributed by atoms with Gasteiger partial charge >= 0.3 is 0 Å². The van der Waals surface area contributed by atoms with E-state index in [9.17, 15) is 9.18 Å². The predicted molar refractivity (Wildman–Crippen MR) is 93.4 cm³/mol. The molecule has 0 aliphatic carbocycles. The minimum Gasteiger partial charge on any atom is -0.493 e. The van der Waals surface area contributed by atoms with Crippen molar-refractivity contribution in [2.45, 2.75) is 26.3 Å². The molecule has 0 radical (unpaired) electrons. The Morgan fingerprint density at radius 3 is 2.44 bits per heavy atom. The topological polar surface area (TPSA) is 60.5 Å². The first-order valence-electron chi connectivity index (χ1n) is 8.09. The summed E-state index contributed by atoms with van der Waals surface area (Å²) in [5.74, 6) is -0.316. The van der Waals surface area contributed by atoms with Crippen LogP contribution in [0, 0.1) is 11.7 Å². The Bertz CT molecular complexity index is 720. The Hall–Kier alpha value is -2.63. The van der Waals surface area contributed by atoms with Crippen LogP contribution in [0.25, 0.3) is 0 Å². The Balaban J connectivity index is 2.29. The van der Waals surface area contributed by atoms with Crippen molar-refractivity contribution in [1.29, 1.82) is 0 Å². The maximum atomic E-state index is 14.3. The monoisotopic (exact) mass is 346 g/mol. The molecule has 1 heterocycles. The zero-order valence-electron chi connectivity index (χ0n) is 14.9. The molecular weight excluding hydrogens is 323 g/mol. The van der Waals surface area contributed by atoms with Crippen molar-refractivity contribution in [1.82, 2.24) is 10.3 Å². The lowest BCUT2D eigenvalue weighted by Gasteiger charge is -2.20. The summed E-state index contributed by atoms with van der Waals surface area (Å²) in [4.78, 5) is 16.9. The van der Waals surface area contributed by atoms with Crippen molar-refractivity contribution in [3.8, 4) is 11.5 Å². The van der Waals surface area contributed by atoms with E-state index in [0.29, 0.717) is 18.1 Å². The van der Waals surface area contributed by atoms with Crippen LogP contribution >= 0.6 is 0 Å². The standard InChI is InChI=1S/C19H23FN2O3/c1-12(2)9-16(15-7-5-6-8-21-15)22-19(23)13-10-17(24-3)18(25-4)11-14(13)20/h5-8,10-12,16H,9H2,1-4H3,(H,22,23)/t16-/m1/s1. The van der Waals surface area contributed by atoms with E-state index in [-0.39, 0.29) is 17.4 Å². The highest BCUT2D eigenvalue weighted by atomic mass is 19.1. The Morgan fingerprint density at radius 2 is 1.88 bits per heavy atom. The fourth-order valence-electron chi connectivity index (χ4n) is 2.57. The van der Waals surface area contributed by atoms with Crippen LogP contribution in [0.3, 0.4) is 0 Å². The van der Waals surface area contributed by atoms with E-state index in [2.05, 4.69) is 24.1 Å². The molecule has 0 aliphatic heterocycles. The molecule has 0 saturated carbocycles. The lowest BCUT2D eigenvalue weighted by atomic mass is 10.00. The first-order valence-corrected chi connectivity index (χ1v) is 8.09. The third-order valence-electron chi connectivity index (χ3n) is 3.78. The number of ether oxygens (including phenoxy) is 2. The first-order chi connectivity index (χ1) is 12.0. The molecular formula is C19H23FN2O3. The van der Waals surface area contributed by atoms with Gasteiger partial charge in [0.25, 0.3) is 5.91 Å². The molecule has 0 aliphatic rings. The van der Waals surface area contributed by atoms with Crippen LogP contribution < -0.4 is 14.8 Å². The number of rotatable bonds is 7. The lowest BCUT2D eigenvalue weighted by molar-refractivity contribution is 0.0926. The quantitative estimate of drug-likeness (QED) is 0.829. The number of nitrogens with one attached hydrogen (secondary N) is 1. The average molecular weight is 346 g/mol. The Kier molecular flexibility index (Phi) is 6.33. The third kappa shape index (κ3) is 4.68. The second-order valence-electron chi connectivity index (χ2n) is 6.10. The van der Waals surface area contributed by atoms with E-state index >= 15 is 0 Å². The SMILES string of the molecule is COc1cc(F)c(C(=O)N[C@H](CC(C)C)c2ccccn2)cc1OC. The fourth-order valence-corrected chi connectivity index (χ4v) is 2.57. The third-order valence-corrected chi connectivity index (χ3v) is 3.78.